The molecule has 176 valence electrons. The summed E-state index contributed by atoms with van der Waals surface area (Å²) in [5.74, 6) is 0.732. The highest BCUT2D eigenvalue weighted by atomic mass is 35.5. The average Bonchev–Trinajstić information content (AvgIpc) is 2.80. The lowest BCUT2D eigenvalue weighted by atomic mass is 10.1. The number of hydrogen-bond donors (Lipinski definition) is 1. The van der Waals surface area contributed by atoms with Gasteiger partial charge in [0, 0.05) is 22.7 Å². The van der Waals surface area contributed by atoms with Crippen molar-refractivity contribution < 1.29 is 19.2 Å². The number of nitro benzene ring substituents is 1. The van der Waals surface area contributed by atoms with E-state index in [0.717, 1.165) is 22.8 Å². The summed E-state index contributed by atoms with van der Waals surface area (Å²) in [4.78, 5) is 22.5. The number of nitro groups is 1. The Kier molecular flexibility index (Phi) is 8.09. The van der Waals surface area contributed by atoms with Crippen molar-refractivity contribution in [2.45, 2.75) is 20.5 Å². The number of carbonyl (C=O) groups is 1. The van der Waals surface area contributed by atoms with Crippen molar-refractivity contribution >= 4 is 41.0 Å². The Labute approximate surface area is 206 Å². The van der Waals surface area contributed by atoms with Crippen LogP contribution in [0.3, 0.4) is 0 Å². The molecule has 3 aromatic rings. The summed E-state index contributed by atoms with van der Waals surface area (Å²) in [6.07, 6.45) is 1.46. The number of methoxy groups -OCH3 is 1. The van der Waals surface area contributed by atoms with Crippen LogP contribution in [0.1, 0.15) is 32.6 Å². The Morgan fingerprint density at radius 2 is 1.82 bits per heavy atom. The Morgan fingerprint density at radius 1 is 1.12 bits per heavy atom. The van der Waals surface area contributed by atoms with Crippen LogP contribution in [-0.2, 0) is 6.61 Å². The van der Waals surface area contributed by atoms with Crippen LogP contribution in [0.25, 0.3) is 0 Å². The van der Waals surface area contributed by atoms with E-state index in [0.29, 0.717) is 22.1 Å². The molecule has 1 N–H and O–H groups in total. The third kappa shape index (κ3) is 6.03. The van der Waals surface area contributed by atoms with Gasteiger partial charge >= 0.3 is 0 Å². The Bertz CT molecular complexity index is 1250. The van der Waals surface area contributed by atoms with Crippen molar-refractivity contribution in [1.82, 2.24) is 5.43 Å². The van der Waals surface area contributed by atoms with Gasteiger partial charge in [0.2, 0.25) is 0 Å². The number of ether oxygens (including phenoxy) is 2. The van der Waals surface area contributed by atoms with Gasteiger partial charge in [-0.25, -0.2) is 5.43 Å². The van der Waals surface area contributed by atoms with Crippen LogP contribution in [0.4, 0.5) is 5.69 Å². The fraction of sp³-hybridized carbons (Fsp3) is 0.167. The van der Waals surface area contributed by atoms with Crippen molar-refractivity contribution in [3.63, 3.8) is 0 Å². The predicted octanol–water partition coefficient (Wildman–Crippen LogP) is 5.87. The smallest absolute Gasteiger partial charge is 0.272 e. The molecule has 10 heteroatoms. The predicted molar refractivity (Wildman–Crippen MR) is 131 cm³/mol. The molecule has 34 heavy (non-hydrogen) atoms. The molecule has 0 fully saturated rings. The second-order valence-electron chi connectivity index (χ2n) is 7.35. The lowest BCUT2D eigenvalue weighted by molar-refractivity contribution is -0.384. The molecule has 0 bridgehead atoms. The van der Waals surface area contributed by atoms with Crippen LogP contribution in [0, 0.1) is 24.0 Å². The maximum absolute atomic E-state index is 12.3. The molecule has 1 amide bonds. The molecule has 0 saturated heterocycles. The highest BCUT2D eigenvalue weighted by molar-refractivity contribution is 6.34. The van der Waals surface area contributed by atoms with Crippen molar-refractivity contribution in [1.29, 1.82) is 0 Å². The second kappa shape index (κ2) is 11.0. The van der Waals surface area contributed by atoms with E-state index in [9.17, 15) is 14.9 Å². The van der Waals surface area contributed by atoms with Gasteiger partial charge in [0.05, 0.1) is 28.8 Å². The van der Waals surface area contributed by atoms with Gasteiger partial charge in [-0.05, 0) is 66.9 Å². The number of rotatable bonds is 8. The number of hydrogen-bond acceptors (Lipinski definition) is 6. The van der Waals surface area contributed by atoms with Crippen molar-refractivity contribution in [3.8, 4) is 11.5 Å². The van der Waals surface area contributed by atoms with Crippen LogP contribution in [0.5, 0.6) is 11.5 Å². The number of benzene rings is 3. The Hall–Kier alpha value is -3.62. The van der Waals surface area contributed by atoms with Gasteiger partial charge in [0.15, 0.2) is 0 Å². The highest BCUT2D eigenvalue weighted by Gasteiger charge is 2.14. The summed E-state index contributed by atoms with van der Waals surface area (Å²) >= 11 is 12.2. The fourth-order valence-electron chi connectivity index (χ4n) is 3.17. The van der Waals surface area contributed by atoms with E-state index in [2.05, 4.69) is 10.5 Å². The van der Waals surface area contributed by atoms with E-state index < -0.39 is 10.8 Å². The van der Waals surface area contributed by atoms with Crippen molar-refractivity contribution in [3.05, 3.63) is 96.5 Å². The molecular formula is C24H21Cl2N3O5. The minimum Gasteiger partial charge on any atom is -0.496 e. The summed E-state index contributed by atoms with van der Waals surface area (Å²) in [6.45, 7) is 4.08. The second-order valence-corrected chi connectivity index (χ2v) is 8.14. The number of nitrogens with one attached hydrogen (secondary N) is 1. The molecule has 0 atom stereocenters. The van der Waals surface area contributed by atoms with Gasteiger partial charge in [-0.1, -0.05) is 23.2 Å². The first-order valence-corrected chi connectivity index (χ1v) is 10.8. The molecule has 0 aliphatic rings. The van der Waals surface area contributed by atoms with E-state index >= 15 is 0 Å². The topological polar surface area (TPSA) is 103 Å². The average molecular weight is 502 g/mol. The molecular weight excluding hydrogens is 481 g/mol. The zero-order chi connectivity index (χ0) is 24.8. The van der Waals surface area contributed by atoms with Gasteiger partial charge in [0.25, 0.3) is 11.6 Å². The number of non-ortho nitro benzene ring substituents is 1. The first kappa shape index (κ1) is 25.0. The van der Waals surface area contributed by atoms with E-state index in [1.807, 2.05) is 32.0 Å². The molecule has 0 radical (unpaired) electrons. The third-order valence-electron chi connectivity index (χ3n) is 4.90. The lowest BCUT2D eigenvalue weighted by Gasteiger charge is -2.13. The molecule has 0 aromatic heterocycles. The van der Waals surface area contributed by atoms with Crippen LogP contribution >= 0.6 is 23.2 Å². The molecule has 0 aliphatic carbocycles. The summed E-state index contributed by atoms with van der Waals surface area (Å²) in [5, 5.41) is 15.4. The number of carbonyl (C=O) groups excluding carboxylic acids is 1. The zero-order valence-corrected chi connectivity index (χ0v) is 20.1. The molecule has 0 heterocycles. The summed E-state index contributed by atoms with van der Waals surface area (Å²) < 4.78 is 11.3. The SMILES string of the molecule is COc1ccc(/C=N\NC(=O)c2ccc([N+](=O)[O-])cc2Cl)cc1COc1cc(C)c(Cl)c(C)c1. The molecule has 8 nitrogen and oxygen atoms in total. The zero-order valence-electron chi connectivity index (χ0n) is 18.6. The van der Waals surface area contributed by atoms with E-state index in [-0.39, 0.29) is 22.9 Å². The molecule has 3 aromatic carbocycles. The largest absolute Gasteiger partial charge is 0.496 e. The van der Waals surface area contributed by atoms with E-state index in [4.69, 9.17) is 32.7 Å². The first-order valence-electron chi connectivity index (χ1n) is 10.0. The summed E-state index contributed by atoms with van der Waals surface area (Å²) in [5.41, 5.74) is 5.55. The normalized spacial score (nSPS) is 10.9. The van der Waals surface area contributed by atoms with Crippen LogP contribution in [0.2, 0.25) is 10.0 Å². The third-order valence-corrected chi connectivity index (χ3v) is 5.81. The van der Waals surface area contributed by atoms with Crippen LogP contribution < -0.4 is 14.9 Å². The molecule has 0 saturated carbocycles. The van der Waals surface area contributed by atoms with E-state index in [1.54, 1.807) is 19.2 Å². The molecule has 0 aliphatic heterocycles. The highest BCUT2D eigenvalue weighted by Crippen LogP contribution is 2.28. The maximum atomic E-state index is 12.3. The van der Waals surface area contributed by atoms with Gasteiger partial charge < -0.3 is 9.47 Å². The molecule has 3 rings (SSSR count). The standard InChI is InChI=1S/C24H21Cl2N3O5/c1-14-8-19(9-15(2)23(14)26)34-13-17-10-16(4-7-22(17)33-3)12-27-28-24(30)20-6-5-18(29(31)32)11-21(20)25/h4-12H,13H2,1-3H3,(H,28,30)/b27-12-. The van der Waals surface area contributed by atoms with Gasteiger partial charge in [-0.15, -0.1) is 0 Å². The monoisotopic (exact) mass is 501 g/mol. The first-order chi connectivity index (χ1) is 16.2. The maximum Gasteiger partial charge on any atom is 0.272 e. The minimum absolute atomic E-state index is 0.0431. The summed E-state index contributed by atoms with van der Waals surface area (Å²) in [6, 6.07) is 12.7. The van der Waals surface area contributed by atoms with Crippen molar-refractivity contribution in [2.24, 2.45) is 5.10 Å². The molecule has 0 spiro atoms. The quantitative estimate of drug-likeness (QED) is 0.236. The van der Waals surface area contributed by atoms with Gasteiger partial charge in [-0.2, -0.15) is 5.10 Å². The van der Waals surface area contributed by atoms with Crippen LogP contribution in [-0.4, -0.2) is 24.2 Å². The Morgan fingerprint density at radius 3 is 2.44 bits per heavy atom. The van der Waals surface area contributed by atoms with Gasteiger partial charge in [-0.3, -0.25) is 14.9 Å². The minimum atomic E-state index is -0.596. The number of nitrogens with zero attached hydrogens (tertiary/aromatic N) is 2. The number of halogens is 2. The number of hydrazone groups is 1. The van der Waals surface area contributed by atoms with Gasteiger partial charge in [0.1, 0.15) is 18.1 Å². The fourth-order valence-corrected chi connectivity index (χ4v) is 3.54. The molecule has 0 unspecified atom stereocenters. The van der Waals surface area contributed by atoms with Crippen LogP contribution in [0.15, 0.2) is 53.6 Å². The lowest BCUT2D eigenvalue weighted by Crippen LogP contribution is -2.18. The number of aryl methyl sites for hydroxylation is 2. The van der Waals surface area contributed by atoms with E-state index in [1.165, 1.54) is 18.3 Å². The number of amides is 1. The van der Waals surface area contributed by atoms with Crippen molar-refractivity contribution in [2.75, 3.05) is 7.11 Å². The Balaban J connectivity index is 1.70. The summed E-state index contributed by atoms with van der Waals surface area (Å²) in [7, 11) is 1.57.